The number of methoxy groups -OCH3 is 1. The highest BCUT2D eigenvalue weighted by Gasteiger charge is 2.15. The van der Waals surface area contributed by atoms with Crippen LogP contribution in [-0.2, 0) is 9.53 Å². The van der Waals surface area contributed by atoms with Crippen molar-refractivity contribution in [1.29, 1.82) is 0 Å². The Morgan fingerprint density at radius 3 is 2.58 bits per heavy atom. The number of anilines is 2. The molecule has 0 radical (unpaired) electrons. The van der Waals surface area contributed by atoms with E-state index in [1.807, 2.05) is 30.1 Å². The predicted octanol–water partition coefficient (Wildman–Crippen LogP) is 3.99. The first-order valence-corrected chi connectivity index (χ1v) is 8.36. The van der Waals surface area contributed by atoms with Crippen LogP contribution in [-0.4, -0.2) is 36.2 Å². The van der Waals surface area contributed by atoms with E-state index >= 15 is 0 Å². The molecule has 1 atom stereocenters. The highest BCUT2D eigenvalue weighted by molar-refractivity contribution is 6.31. The quantitative estimate of drug-likeness (QED) is 0.632. The standard InChI is InChI=1S/C19H18ClN3O3/c1-12(19(24)25-3)26-15-7-5-14(6-8-15)23(2)18-11-21-17-10-13(20)4-9-16(17)22-18/h4-12H,1-3H3. The summed E-state index contributed by atoms with van der Waals surface area (Å²) in [5.74, 6) is 0.869. The summed E-state index contributed by atoms with van der Waals surface area (Å²) < 4.78 is 10.2. The second-order valence-corrected chi connectivity index (χ2v) is 6.13. The zero-order valence-corrected chi connectivity index (χ0v) is 15.4. The number of carbonyl (C=O) groups is 1. The molecular weight excluding hydrogens is 354 g/mol. The van der Waals surface area contributed by atoms with Crippen LogP contribution in [0.4, 0.5) is 11.5 Å². The molecule has 134 valence electrons. The molecule has 1 heterocycles. The van der Waals surface area contributed by atoms with E-state index in [0.717, 1.165) is 16.7 Å². The molecule has 0 saturated carbocycles. The fourth-order valence-corrected chi connectivity index (χ4v) is 2.60. The van der Waals surface area contributed by atoms with E-state index in [1.165, 1.54) is 7.11 Å². The van der Waals surface area contributed by atoms with Crippen molar-refractivity contribution in [2.75, 3.05) is 19.1 Å². The molecule has 0 amide bonds. The van der Waals surface area contributed by atoms with Crippen LogP contribution in [0, 0.1) is 0 Å². The van der Waals surface area contributed by atoms with Crippen molar-refractivity contribution in [2.45, 2.75) is 13.0 Å². The zero-order chi connectivity index (χ0) is 18.7. The molecule has 2 aromatic carbocycles. The normalized spacial score (nSPS) is 11.8. The third-order valence-electron chi connectivity index (χ3n) is 3.91. The molecule has 1 aromatic heterocycles. The van der Waals surface area contributed by atoms with E-state index in [-0.39, 0.29) is 0 Å². The Morgan fingerprint density at radius 2 is 1.88 bits per heavy atom. The van der Waals surface area contributed by atoms with Gasteiger partial charge in [-0.1, -0.05) is 11.6 Å². The summed E-state index contributed by atoms with van der Waals surface area (Å²) in [5, 5.41) is 0.629. The number of aromatic nitrogens is 2. The Bertz CT molecular complexity index is 931. The molecule has 0 aliphatic carbocycles. The van der Waals surface area contributed by atoms with Gasteiger partial charge < -0.3 is 14.4 Å². The lowest BCUT2D eigenvalue weighted by molar-refractivity contribution is -0.147. The van der Waals surface area contributed by atoms with Crippen molar-refractivity contribution in [3.8, 4) is 5.75 Å². The number of halogens is 1. The van der Waals surface area contributed by atoms with Gasteiger partial charge in [0.05, 0.1) is 24.3 Å². The average Bonchev–Trinajstić information content (AvgIpc) is 2.66. The first-order chi connectivity index (χ1) is 12.5. The summed E-state index contributed by atoms with van der Waals surface area (Å²) in [6.07, 6.45) is 1.03. The lowest BCUT2D eigenvalue weighted by atomic mass is 10.2. The van der Waals surface area contributed by atoms with Gasteiger partial charge in [0.2, 0.25) is 0 Å². The summed E-state index contributed by atoms with van der Waals surface area (Å²) in [6, 6.07) is 12.8. The molecule has 0 fully saturated rings. The highest BCUT2D eigenvalue weighted by Crippen LogP contribution is 2.26. The lowest BCUT2D eigenvalue weighted by Gasteiger charge is -2.19. The molecule has 6 nitrogen and oxygen atoms in total. The maximum absolute atomic E-state index is 11.4. The van der Waals surface area contributed by atoms with E-state index in [9.17, 15) is 4.79 Å². The van der Waals surface area contributed by atoms with E-state index in [2.05, 4.69) is 14.7 Å². The van der Waals surface area contributed by atoms with Crippen LogP contribution in [0.1, 0.15) is 6.92 Å². The van der Waals surface area contributed by atoms with Gasteiger partial charge in [-0.25, -0.2) is 9.78 Å². The van der Waals surface area contributed by atoms with Crippen molar-refractivity contribution >= 4 is 40.1 Å². The van der Waals surface area contributed by atoms with Gasteiger partial charge in [-0.2, -0.15) is 0 Å². The van der Waals surface area contributed by atoms with Crippen LogP contribution in [0.25, 0.3) is 11.0 Å². The molecule has 0 spiro atoms. The lowest BCUT2D eigenvalue weighted by Crippen LogP contribution is -2.24. The minimum absolute atomic E-state index is 0.419. The summed E-state index contributed by atoms with van der Waals surface area (Å²) in [4.78, 5) is 22.4. The van der Waals surface area contributed by atoms with Crippen LogP contribution in [0.15, 0.2) is 48.7 Å². The summed E-state index contributed by atoms with van der Waals surface area (Å²) >= 11 is 5.98. The van der Waals surface area contributed by atoms with Gasteiger partial charge in [0.25, 0.3) is 0 Å². The van der Waals surface area contributed by atoms with Crippen molar-refractivity contribution in [3.05, 3.63) is 53.7 Å². The molecule has 7 heteroatoms. The molecular formula is C19H18ClN3O3. The van der Waals surface area contributed by atoms with Gasteiger partial charge in [0.15, 0.2) is 11.9 Å². The number of benzene rings is 2. The summed E-state index contributed by atoms with van der Waals surface area (Å²) in [7, 11) is 3.23. The number of carbonyl (C=O) groups excluding carboxylic acids is 1. The Kier molecular flexibility index (Phi) is 5.23. The van der Waals surface area contributed by atoms with Gasteiger partial charge in [-0.3, -0.25) is 4.98 Å². The number of rotatable bonds is 5. The maximum Gasteiger partial charge on any atom is 0.346 e. The van der Waals surface area contributed by atoms with E-state index in [0.29, 0.717) is 16.6 Å². The smallest absolute Gasteiger partial charge is 0.346 e. The molecule has 1 unspecified atom stereocenters. The molecule has 3 rings (SSSR count). The van der Waals surface area contributed by atoms with E-state index < -0.39 is 12.1 Å². The highest BCUT2D eigenvalue weighted by atomic mass is 35.5. The second-order valence-electron chi connectivity index (χ2n) is 5.70. The average molecular weight is 372 g/mol. The predicted molar refractivity (Wildman–Crippen MR) is 101 cm³/mol. The molecule has 0 saturated heterocycles. The minimum Gasteiger partial charge on any atom is -0.479 e. The van der Waals surface area contributed by atoms with Gasteiger partial charge in [-0.05, 0) is 49.4 Å². The van der Waals surface area contributed by atoms with Crippen molar-refractivity contribution in [2.24, 2.45) is 0 Å². The molecule has 26 heavy (non-hydrogen) atoms. The van der Waals surface area contributed by atoms with Crippen LogP contribution in [0.2, 0.25) is 5.02 Å². The zero-order valence-electron chi connectivity index (χ0n) is 14.6. The van der Waals surface area contributed by atoms with Crippen molar-refractivity contribution in [3.63, 3.8) is 0 Å². The summed E-state index contributed by atoms with van der Waals surface area (Å²) in [5.41, 5.74) is 2.42. The number of ether oxygens (including phenoxy) is 2. The fraction of sp³-hybridized carbons (Fsp3) is 0.211. The van der Waals surface area contributed by atoms with Gasteiger partial charge in [-0.15, -0.1) is 0 Å². The van der Waals surface area contributed by atoms with Crippen LogP contribution >= 0.6 is 11.6 Å². The number of fused-ring (bicyclic) bond motifs is 1. The Labute approximate surface area is 156 Å². The van der Waals surface area contributed by atoms with Gasteiger partial charge >= 0.3 is 5.97 Å². The van der Waals surface area contributed by atoms with Crippen LogP contribution < -0.4 is 9.64 Å². The summed E-state index contributed by atoms with van der Waals surface area (Å²) in [6.45, 7) is 1.64. The van der Waals surface area contributed by atoms with E-state index in [4.69, 9.17) is 16.3 Å². The minimum atomic E-state index is -0.665. The number of esters is 1. The Balaban J connectivity index is 1.78. The second kappa shape index (κ2) is 7.58. The first kappa shape index (κ1) is 17.9. The van der Waals surface area contributed by atoms with Crippen LogP contribution in [0.3, 0.4) is 0 Å². The molecule has 0 aliphatic rings. The van der Waals surface area contributed by atoms with Crippen LogP contribution in [0.5, 0.6) is 5.75 Å². The third kappa shape index (κ3) is 3.86. The molecule has 0 bridgehead atoms. The van der Waals surface area contributed by atoms with Gasteiger partial charge in [0, 0.05) is 17.8 Å². The Hall–Kier alpha value is -2.86. The fourth-order valence-electron chi connectivity index (χ4n) is 2.43. The number of hydrogen-bond donors (Lipinski definition) is 0. The molecule has 0 aliphatic heterocycles. The molecule has 0 N–H and O–H groups in total. The number of hydrogen-bond acceptors (Lipinski definition) is 6. The number of nitrogens with zero attached hydrogens (tertiary/aromatic N) is 3. The van der Waals surface area contributed by atoms with Crippen molar-refractivity contribution in [1.82, 2.24) is 9.97 Å². The topological polar surface area (TPSA) is 64.6 Å². The Morgan fingerprint density at radius 1 is 1.15 bits per heavy atom. The van der Waals surface area contributed by atoms with Gasteiger partial charge in [0.1, 0.15) is 5.75 Å². The third-order valence-corrected chi connectivity index (χ3v) is 4.14. The first-order valence-electron chi connectivity index (χ1n) is 7.98. The largest absolute Gasteiger partial charge is 0.479 e. The molecule has 3 aromatic rings. The van der Waals surface area contributed by atoms with E-state index in [1.54, 1.807) is 37.4 Å². The van der Waals surface area contributed by atoms with Crippen molar-refractivity contribution < 1.29 is 14.3 Å². The SMILES string of the molecule is COC(=O)C(C)Oc1ccc(N(C)c2cnc3cc(Cl)ccc3n2)cc1. The maximum atomic E-state index is 11.4. The monoisotopic (exact) mass is 371 g/mol.